The van der Waals surface area contributed by atoms with Gasteiger partial charge in [-0.3, -0.25) is 0 Å². The number of carboxylic acids is 2. The van der Waals surface area contributed by atoms with Crippen molar-refractivity contribution >= 4 is 11.9 Å². The van der Waals surface area contributed by atoms with Gasteiger partial charge in [0.15, 0.2) is 0 Å². The Morgan fingerprint density at radius 2 is 0.783 bits per heavy atom. The van der Waals surface area contributed by atoms with E-state index in [1.165, 1.54) is 0 Å². The van der Waals surface area contributed by atoms with Crippen LogP contribution in [0.4, 0.5) is 0 Å². The molecule has 0 atom stereocenters. The third-order valence-corrected chi connectivity index (χ3v) is 0.999. The van der Waals surface area contributed by atoms with Crippen molar-refractivity contribution in [2.24, 2.45) is 0 Å². The van der Waals surface area contributed by atoms with Crippen LogP contribution < -0.4 is 10.2 Å². The van der Waals surface area contributed by atoms with Crippen molar-refractivity contribution in [2.45, 2.75) is 78.8 Å². The maximum atomic E-state index is 9.66. The molecule has 0 amide bonds. The summed E-state index contributed by atoms with van der Waals surface area (Å²) in [6, 6.07) is 0. The Kier molecular flexibility index (Phi) is 24.1. The third kappa shape index (κ3) is 61.8. The average molecular weight is 374 g/mol. The van der Waals surface area contributed by atoms with Crippen molar-refractivity contribution in [3.05, 3.63) is 0 Å². The third-order valence-electron chi connectivity index (χ3n) is 0.999. The minimum absolute atomic E-state index is 0. The molecule has 9 heteroatoms. The summed E-state index contributed by atoms with van der Waals surface area (Å²) >= 11 is 0. The molecule has 0 heterocycles. The van der Waals surface area contributed by atoms with Crippen LogP contribution in [-0.2, 0) is 31.3 Å². The number of aliphatic hydroxyl groups excluding tert-OH is 2. The second-order valence-corrected chi connectivity index (χ2v) is 5.88. The molecule has 4 N–H and O–H groups in total. The number of carbonyl (C=O) groups excluding carboxylic acids is 2. The molecule has 8 nitrogen and oxygen atoms in total. The maximum Gasteiger partial charge on any atom is 2.00 e. The first kappa shape index (κ1) is 34.0. The van der Waals surface area contributed by atoms with Gasteiger partial charge >= 0.3 is 21.7 Å². The smallest absolute Gasteiger partial charge is 0.547 e. The Morgan fingerprint density at radius 1 is 0.739 bits per heavy atom. The molecule has 0 aromatic carbocycles. The molecule has 23 heavy (non-hydrogen) atoms. The molecule has 0 fully saturated rings. The molecule has 0 aliphatic rings. The summed E-state index contributed by atoms with van der Waals surface area (Å²) in [7, 11) is 0. The zero-order valence-electron chi connectivity index (χ0n) is 15.1. The van der Waals surface area contributed by atoms with Gasteiger partial charge in [-0.05, 0) is 55.4 Å². The molecule has 0 spiro atoms. The summed E-state index contributed by atoms with van der Waals surface area (Å²) in [4.78, 5) is 19.3. The van der Waals surface area contributed by atoms with Gasteiger partial charge in [0, 0.05) is 12.2 Å². The molecule has 0 aliphatic heterocycles. The Hall–Kier alpha value is -0.506. The topological polar surface area (TPSA) is 161 Å². The molecular formula is C14H30O8Ti. The molecule has 0 aromatic heterocycles. The Balaban J connectivity index is -0.0000000639. The van der Waals surface area contributed by atoms with Crippen molar-refractivity contribution in [2.75, 3.05) is 0 Å². The standard InChI is InChI=1S/2C4H8O3.2C3H8O.Ti/c2*1-4(2,7)3(5)6;2*1-3(2)4;/h2*7H,1-2H3,(H,5,6);2*3-4H,1-2H3;/q;;;;+2/p-2. The van der Waals surface area contributed by atoms with Crippen LogP contribution in [0.2, 0.25) is 0 Å². The minimum atomic E-state index is -1.69. The number of carboxylic acid groups (broad SMARTS) is 2. The molecule has 0 bridgehead atoms. The average Bonchev–Trinajstić information content (AvgIpc) is 2.12. The monoisotopic (exact) mass is 374 g/mol. The molecule has 0 rings (SSSR count). The van der Waals surface area contributed by atoms with Gasteiger partial charge in [0.05, 0.1) is 23.1 Å². The van der Waals surface area contributed by atoms with Crippen LogP contribution in [0, 0.1) is 0 Å². The van der Waals surface area contributed by atoms with Crippen molar-refractivity contribution in [3.8, 4) is 0 Å². The van der Waals surface area contributed by atoms with Crippen molar-refractivity contribution in [3.63, 3.8) is 0 Å². The molecule has 138 valence electrons. The Bertz CT molecular complexity index is 255. The zero-order valence-corrected chi connectivity index (χ0v) is 16.6. The summed E-state index contributed by atoms with van der Waals surface area (Å²) < 4.78 is 0. The van der Waals surface area contributed by atoms with E-state index in [1.54, 1.807) is 27.7 Å². The van der Waals surface area contributed by atoms with Gasteiger partial charge in [-0.1, -0.05) is 0 Å². The van der Waals surface area contributed by atoms with Crippen LogP contribution >= 0.6 is 0 Å². The van der Waals surface area contributed by atoms with Gasteiger partial charge in [-0.25, -0.2) is 0 Å². The van der Waals surface area contributed by atoms with Gasteiger partial charge < -0.3 is 40.2 Å². The van der Waals surface area contributed by atoms with E-state index in [-0.39, 0.29) is 33.9 Å². The number of aliphatic hydroxyl groups is 4. The van der Waals surface area contributed by atoms with Gasteiger partial charge in [0.1, 0.15) is 0 Å². The van der Waals surface area contributed by atoms with E-state index in [0.717, 1.165) is 27.7 Å². The van der Waals surface area contributed by atoms with Crippen molar-refractivity contribution in [1.82, 2.24) is 0 Å². The predicted molar refractivity (Wildman–Crippen MR) is 77.3 cm³/mol. The fraction of sp³-hybridized carbons (Fsp3) is 0.857. The largest absolute Gasteiger partial charge is 2.00 e. The summed E-state index contributed by atoms with van der Waals surface area (Å²) in [6.45, 7) is 11.5. The van der Waals surface area contributed by atoms with Crippen LogP contribution in [0.1, 0.15) is 55.4 Å². The fourth-order valence-electron chi connectivity index (χ4n) is 0. The summed E-state index contributed by atoms with van der Waals surface area (Å²) in [5.74, 6) is -2.90. The number of aliphatic carboxylic acids is 2. The van der Waals surface area contributed by atoms with Gasteiger partial charge in [-0.15, -0.1) is 0 Å². The normalized spacial score (nSPS) is 10.0. The van der Waals surface area contributed by atoms with Gasteiger partial charge in [-0.2, -0.15) is 0 Å². The minimum Gasteiger partial charge on any atom is -0.547 e. The summed E-state index contributed by atoms with van der Waals surface area (Å²) in [5, 5.41) is 52.3. The Morgan fingerprint density at radius 3 is 0.783 bits per heavy atom. The molecule has 0 saturated carbocycles. The summed E-state index contributed by atoms with van der Waals surface area (Å²) in [6.07, 6.45) is -0.333. The van der Waals surface area contributed by atoms with Crippen LogP contribution in [0.3, 0.4) is 0 Å². The van der Waals surface area contributed by atoms with E-state index >= 15 is 0 Å². The first-order chi connectivity index (χ1) is 9.35. The van der Waals surface area contributed by atoms with E-state index in [9.17, 15) is 19.8 Å². The molecule has 0 radical (unpaired) electrons. The van der Waals surface area contributed by atoms with E-state index in [4.69, 9.17) is 20.4 Å². The zero-order chi connectivity index (χ0) is 19.3. The number of carbonyl (C=O) groups is 2. The maximum absolute atomic E-state index is 9.66. The molecular weight excluding hydrogens is 344 g/mol. The molecule has 0 aliphatic carbocycles. The molecule has 0 aromatic rings. The van der Waals surface area contributed by atoms with Crippen LogP contribution in [-0.4, -0.2) is 55.8 Å². The van der Waals surface area contributed by atoms with E-state index in [1.807, 2.05) is 0 Å². The number of rotatable bonds is 2. The van der Waals surface area contributed by atoms with Gasteiger partial charge in [0.25, 0.3) is 0 Å². The predicted octanol–water partition coefficient (Wildman–Crippen LogP) is -2.21. The fourth-order valence-corrected chi connectivity index (χ4v) is 0. The number of hydrogen-bond donors (Lipinski definition) is 4. The molecule has 0 saturated heterocycles. The van der Waals surface area contributed by atoms with Crippen LogP contribution in [0.25, 0.3) is 0 Å². The Labute approximate surface area is 153 Å². The molecule has 0 unspecified atom stereocenters. The van der Waals surface area contributed by atoms with Gasteiger partial charge in [0.2, 0.25) is 0 Å². The van der Waals surface area contributed by atoms with Crippen LogP contribution in [0.5, 0.6) is 0 Å². The second kappa shape index (κ2) is 16.4. The first-order valence-electron chi connectivity index (χ1n) is 6.59. The SMILES string of the molecule is CC(C)(O)C(=O)[O-].CC(C)(O)C(=O)[O-].CC(C)O.CC(C)O.[Ti+2]. The second-order valence-electron chi connectivity index (χ2n) is 5.88. The quantitative estimate of drug-likeness (QED) is 0.396. The van der Waals surface area contributed by atoms with E-state index in [0.29, 0.717) is 0 Å². The van der Waals surface area contributed by atoms with Crippen molar-refractivity contribution < 1.29 is 61.9 Å². The van der Waals surface area contributed by atoms with Crippen molar-refractivity contribution in [1.29, 1.82) is 0 Å². The number of hydrogen-bond acceptors (Lipinski definition) is 8. The van der Waals surface area contributed by atoms with E-state index in [2.05, 4.69) is 0 Å². The summed E-state index contributed by atoms with van der Waals surface area (Å²) in [5.41, 5.74) is -3.39. The van der Waals surface area contributed by atoms with E-state index < -0.39 is 23.1 Å². The first-order valence-corrected chi connectivity index (χ1v) is 6.59. The van der Waals surface area contributed by atoms with Crippen LogP contribution in [0.15, 0.2) is 0 Å².